The minimum Gasteiger partial charge on any atom is -0.456 e. The van der Waals surface area contributed by atoms with Gasteiger partial charge < -0.3 is 9.47 Å². The highest BCUT2D eigenvalue weighted by Gasteiger charge is 2.25. The van der Waals surface area contributed by atoms with E-state index in [-0.39, 0.29) is 17.1 Å². The van der Waals surface area contributed by atoms with Gasteiger partial charge in [-0.25, -0.2) is 22.7 Å². The van der Waals surface area contributed by atoms with E-state index < -0.39 is 33.5 Å². The Morgan fingerprint density at radius 2 is 2.20 bits per heavy atom. The fourth-order valence-electron chi connectivity index (χ4n) is 1.87. The van der Waals surface area contributed by atoms with Crippen molar-refractivity contribution in [3.63, 3.8) is 0 Å². The third-order valence-corrected chi connectivity index (χ3v) is 3.83. The normalized spacial score (nSPS) is 19.1. The van der Waals surface area contributed by atoms with Crippen LogP contribution in [0.15, 0.2) is 17.0 Å². The molecule has 1 fully saturated rings. The summed E-state index contributed by atoms with van der Waals surface area (Å²) in [7, 11) is -4.02. The lowest BCUT2D eigenvalue weighted by Crippen LogP contribution is -2.20. The van der Waals surface area contributed by atoms with Crippen molar-refractivity contribution in [3.05, 3.63) is 29.1 Å². The van der Waals surface area contributed by atoms with Crippen molar-refractivity contribution in [1.29, 1.82) is 0 Å². The van der Waals surface area contributed by atoms with E-state index in [2.05, 4.69) is 0 Å². The van der Waals surface area contributed by atoms with E-state index in [0.29, 0.717) is 13.0 Å². The number of halogens is 1. The van der Waals surface area contributed by atoms with Gasteiger partial charge in [-0.2, -0.15) is 0 Å². The molecule has 1 aromatic carbocycles. The number of hydrogen-bond donors (Lipinski definition) is 1. The van der Waals surface area contributed by atoms with Crippen LogP contribution >= 0.6 is 0 Å². The maximum atomic E-state index is 13.9. The van der Waals surface area contributed by atoms with Crippen LogP contribution in [0.3, 0.4) is 0 Å². The van der Waals surface area contributed by atoms with Crippen molar-refractivity contribution in [3.8, 4) is 0 Å². The molecule has 6 nitrogen and oxygen atoms in total. The molecule has 1 aromatic rings. The Kier molecular flexibility index (Phi) is 4.07. The molecular weight excluding hydrogens is 289 g/mol. The first-order chi connectivity index (χ1) is 9.29. The summed E-state index contributed by atoms with van der Waals surface area (Å²) in [6.07, 6.45) is 0.0849. The first-order valence-electron chi connectivity index (χ1n) is 5.90. The number of aryl methyl sites for hydroxylation is 1. The van der Waals surface area contributed by atoms with Crippen LogP contribution in [-0.4, -0.2) is 33.7 Å². The number of ether oxygens (including phenoxy) is 2. The molecular formula is C12H14FNO5S. The molecule has 0 radical (unpaired) electrons. The van der Waals surface area contributed by atoms with E-state index >= 15 is 0 Å². The maximum Gasteiger partial charge on any atom is 0.341 e. The average Bonchev–Trinajstić information content (AvgIpc) is 2.83. The standard InChI is InChI=1S/C12H14FNO5S/c1-7-4-9(20(14,16)17)5-10(11(7)13)12(15)19-8-2-3-18-6-8/h4-5,8H,2-3,6H2,1H3,(H2,14,16,17). The fourth-order valence-corrected chi connectivity index (χ4v) is 2.49. The SMILES string of the molecule is Cc1cc(S(N)(=O)=O)cc(C(=O)OC2CCOC2)c1F. The smallest absolute Gasteiger partial charge is 0.341 e. The lowest BCUT2D eigenvalue weighted by Gasteiger charge is -2.12. The Hall–Kier alpha value is -1.51. The molecule has 20 heavy (non-hydrogen) atoms. The van der Waals surface area contributed by atoms with Crippen molar-refractivity contribution >= 4 is 16.0 Å². The molecule has 0 saturated carbocycles. The van der Waals surface area contributed by atoms with E-state index in [4.69, 9.17) is 14.6 Å². The second-order valence-electron chi connectivity index (χ2n) is 4.54. The molecule has 1 aliphatic rings. The van der Waals surface area contributed by atoms with E-state index in [1.165, 1.54) is 6.92 Å². The Balaban J connectivity index is 2.34. The molecule has 0 bridgehead atoms. The van der Waals surface area contributed by atoms with Gasteiger partial charge in [0.1, 0.15) is 11.9 Å². The maximum absolute atomic E-state index is 13.9. The van der Waals surface area contributed by atoms with Gasteiger partial charge in [-0.15, -0.1) is 0 Å². The van der Waals surface area contributed by atoms with Gasteiger partial charge in [-0.3, -0.25) is 0 Å². The molecule has 1 aliphatic heterocycles. The minimum absolute atomic E-state index is 0.00569. The summed E-state index contributed by atoms with van der Waals surface area (Å²) in [6.45, 7) is 2.07. The molecule has 2 rings (SSSR count). The van der Waals surface area contributed by atoms with Crippen LogP contribution in [0.4, 0.5) is 4.39 Å². The van der Waals surface area contributed by atoms with E-state index in [0.717, 1.165) is 12.1 Å². The number of benzene rings is 1. The molecule has 1 unspecified atom stereocenters. The Bertz CT molecular complexity index is 637. The second-order valence-corrected chi connectivity index (χ2v) is 6.10. The highest BCUT2D eigenvalue weighted by Crippen LogP contribution is 2.21. The second kappa shape index (κ2) is 5.47. The van der Waals surface area contributed by atoms with Crippen LogP contribution < -0.4 is 5.14 Å². The topological polar surface area (TPSA) is 95.7 Å². The summed E-state index contributed by atoms with van der Waals surface area (Å²) in [5, 5.41) is 4.99. The first-order valence-corrected chi connectivity index (χ1v) is 7.45. The van der Waals surface area contributed by atoms with Crippen LogP contribution in [0.1, 0.15) is 22.3 Å². The average molecular weight is 303 g/mol. The van der Waals surface area contributed by atoms with Gasteiger partial charge in [-0.1, -0.05) is 0 Å². The molecule has 1 saturated heterocycles. The summed E-state index contributed by atoms with van der Waals surface area (Å²) in [6, 6.07) is 1.95. The first kappa shape index (κ1) is 14.9. The third-order valence-electron chi connectivity index (χ3n) is 2.94. The Labute approximate surface area is 115 Å². The molecule has 1 atom stereocenters. The summed E-state index contributed by atoms with van der Waals surface area (Å²) in [5.74, 6) is -1.74. The molecule has 8 heteroatoms. The van der Waals surface area contributed by atoms with Crippen LogP contribution in [0.5, 0.6) is 0 Å². The number of primary sulfonamides is 1. The van der Waals surface area contributed by atoms with Gasteiger partial charge in [0.05, 0.1) is 23.7 Å². The highest BCUT2D eigenvalue weighted by atomic mass is 32.2. The number of rotatable bonds is 3. The molecule has 0 spiro atoms. The van der Waals surface area contributed by atoms with Gasteiger partial charge in [0.2, 0.25) is 10.0 Å². The zero-order chi connectivity index (χ0) is 14.9. The van der Waals surface area contributed by atoms with Crippen molar-refractivity contribution in [2.24, 2.45) is 5.14 Å². The van der Waals surface area contributed by atoms with Gasteiger partial charge in [0.25, 0.3) is 0 Å². The van der Waals surface area contributed by atoms with Crippen molar-refractivity contribution in [2.75, 3.05) is 13.2 Å². The van der Waals surface area contributed by atoms with Gasteiger partial charge in [0, 0.05) is 6.42 Å². The summed E-state index contributed by atoms with van der Waals surface area (Å²) in [5.41, 5.74) is -0.438. The molecule has 0 aromatic heterocycles. The lowest BCUT2D eigenvalue weighted by molar-refractivity contribution is 0.0265. The molecule has 110 valence electrons. The monoisotopic (exact) mass is 303 g/mol. The summed E-state index contributed by atoms with van der Waals surface area (Å²) < 4.78 is 46.6. The van der Waals surface area contributed by atoms with Gasteiger partial charge >= 0.3 is 5.97 Å². The number of carbonyl (C=O) groups is 1. The van der Waals surface area contributed by atoms with E-state index in [1.54, 1.807) is 0 Å². The molecule has 2 N–H and O–H groups in total. The Morgan fingerprint density at radius 3 is 2.75 bits per heavy atom. The number of sulfonamides is 1. The van der Waals surface area contributed by atoms with Crippen LogP contribution in [0.25, 0.3) is 0 Å². The van der Waals surface area contributed by atoms with Crippen LogP contribution in [0.2, 0.25) is 0 Å². The zero-order valence-electron chi connectivity index (χ0n) is 10.8. The van der Waals surface area contributed by atoms with E-state index in [1.807, 2.05) is 0 Å². The predicted molar refractivity (Wildman–Crippen MR) is 67.1 cm³/mol. The highest BCUT2D eigenvalue weighted by molar-refractivity contribution is 7.89. The molecule has 0 amide bonds. The predicted octanol–water partition coefficient (Wildman–Crippen LogP) is 0.727. The summed E-state index contributed by atoms with van der Waals surface area (Å²) in [4.78, 5) is 11.6. The Morgan fingerprint density at radius 1 is 1.50 bits per heavy atom. The molecule has 1 heterocycles. The van der Waals surface area contributed by atoms with Crippen molar-refractivity contribution in [2.45, 2.75) is 24.3 Å². The number of nitrogens with two attached hydrogens (primary N) is 1. The minimum atomic E-state index is -4.02. The lowest BCUT2D eigenvalue weighted by atomic mass is 10.1. The fraction of sp³-hybridized carbons (Fsp3) is 0.417. The van der Waals surface area contributed by atoms with Gasteiger partial charge in [0.15, 0.2) is 0 Å². The number of esters is 1. The van der Waals surface area contributed by atoms with Crippen LogP contribution in [0, 0.1) is 12.7 Å². The quantitative estimate of drug-likeness (QED) is 0.830. The van der Waals surface area contributed by atoms with E-state index in [9.17, 15) is 17.6 Å². The number of hydrogen-bond acceptors (Lipinski definition) is 5. The van der Waals surface area contributed by atoms with Gasteiger partial charge in [-0.05, 0) is 24.6 Å². The van der Waals surface area contributed by atoms with Crippen molar-refractivity contribution < 1.29 is 27.1 Å². The zero-order valence-corrected chi connectivity index (χ0v) is 11.6. The number of carbonyl (C=O) groups excluding carboxylic acids is 1. The molecule has 0 aliphatic carbocycles. The largest absolute Gasteiger partial charge is 0.456 e. The van der Waals surface area contributed by atoms with Crippen molar-refractivity contribution in [1.82, 2.24) is 0 Å². The summed E-state index contributed by atoms with van der Waals surface area (Å²) >= 11 is 0. The van der Waals surface area contributed by atoms with Crippen LogP contribution in [-0.2, 0) is 19.5 Å². The third kappa shape index (κ3) is 3.14.